The van der Waals surface area contributed by atoms with E-state index in [2.05, 4.69) is 4.98 Å². The van der Waals surface area contributed by atoms with Gasteiger partial charge in [-0.25, -0.2) is 9.48 Å². The number of nitrogens with two attached hydrogens (primary N) is 1. The summed E-state index contributed by atoms with van der Waals surface area (Å²) in [6.07, 6.45) is 2.58. The lowest BCUT2D eigenvalue weighted by Crippen LogP contribution is -2.60. The molecular weight excluding hydrogens is 671 g/mol. The Balaban J connectivity index is 1.48. The van der Waals surface area contributed by atoms with Gasteiger partial charge >= 0.3 is 6.09 Å². The van der Waals surface area contributed by atoms with Crippen molar-refractivity contribution < 1.29 is 28.6 Å². The van der Waals surface area contributed by atoms with Crippen LogP contribution in [0.25, 0.3) is 28.1 Å². The number of pyridine rings is 1. The van der Waals surface area contributed by atoms with Crippen molar-refractivity contribution in [1.29, 1.82) is 0 Å². The molecule has 2 aromatic heterocycles. The molecule has 14 heteroatoms. The first-order valence-corrected chi connectivity index (χ1v) is 16.4. The topological polar surface area (TPSA) is 142 Å². The molecule has 1 saturated heterocycles. The van der Waals surface area contributed by atoms with Gasteiger partial charge in [-0.3, -0.25) is 14.6 Å². The van der Waals surface area contributed by atoms with E-state index in [4.69, 9.17) is 48.2 Å². The molecule has 2 aliphatic heterocycles. The molecule has 2 N–H and O–H groups in total. The van der Waals surface area contributed by atoms with Crippen LogP contribution in [0.15, 0.2) is 48.8 Å². The standard InChI is InChI=1S/C35H36Cl2N6O6/c1-18-15-41(34(46)49-35(3,4)5)16-19(2)42(18)33(45)29-31-30(43(40-29)25-10-23(36)9-24(37)11-25)27-12-26(28(47-6)8-22(27)17-48-31)20-7-21(32(38)44)14-39-13-20/h7-14,18-19H,15-17H2,1-6H3,(H2,38,44)/t18-,19+. The molecule has 4 aromatic rings. The third-order valence-electron chi connectivity index (χ3n) is 8.33. The van der Waals surface area contributed by atoms with Gasteiger partial charge in [-0.05, 0) is 71.0 Å². The third kappa shape index (κ3) is 6.62. The number of ether oxygens (including phenoxy) is 3. The van der Waals surface area contributed by atoms with Crippen molar-refractivity contribution in [1.82, 2.24) is 24.6 Å². The SMILES string of the molecule is COc1cc2c(cc1-c1cncc(C(N)=O)c1)-c1c(c(C(=O)N3[C@H](C)CN(C(=O)OC(C)(C)C)C[C@@H]3C)nn1-c1cc(Cl)cc(Cl)c1)OC2. The highest BCUT2D eigenvalue weighted by Gasteiger charge is 2.41. The highest BCUT2D eigenvalue weighted by atomic mass is 35.5. The summed E-state index contributed by atoms with van der Waals surface area (Å²) < 4.78 is 19.3. The van der Waals surface area contributed by atoms with Crippen LogP contribution in [0.5, 0.6) is 11.5 Å². The van der Waals surface area contributed by atoms with Crippen molar-refractivity contribution in [3.8, 4) is 39.6 Å². The maximum absolute atomic E-state index is 14.5. The summed E-state index contributed by atoms with van der Waals surface area (Å²) in [7, 11) is 1.55. The molecule has 4 heterocycles. The fourth-order valence-corrected chi connectivity index (χ4v) is 6.83. The van der Waals surface area contributed by atoms with Crippen molar-refractivity contribution in [2.24, 2.45) is 5.73 Å². The summed E-state index contributed by atoms with van der Waals surface area (Å²) in [4.78, 5) is 46.9. The second-order valence-electron chi connectivity index (χ2n) is 13.2. The number of hydrogen-bond acceptors (Lipinski definition) is 8. The summed E-state index contributed by atoms with van der Waals surface area (Å²) >= 11 is 12.9. The number of piperazine rings is 1. The number of hydrogen-bond donors (Lipinski definition) is 1. The summed E-state index contributed by atoms with van der Waals surface area (Å²) in [6, 6.07) is 9.65. The molecule has 2 atom stereocenters. The molecular formula is C35H36Cl2N6O6. The number of carbonyl (C=O) groups excluding carboxylic acids is 3. The van der Waals surface area contributed by atoms with Crippen molar-refractivity contribution >= 4 is 41.1 Å². The summed E-state index contributed by atoms with van der Waals surface area (Å²) in [5.74, 6) is -0.172. The zero-order valence-electron chi connectivity index (χ0n) is 27.9. The molecule has 49 heavy (non-hydrogen) atoms. The Hall–Kier alpha value is -4.81. The molecule has 0 radical (unpaired) electrons. The Morgan fingerprint density at radius 3 is 2.24 bits per heavy atom. The van der Waals surface area contributed by atoms with Gasteiger partial charge in [0, 0.05) is 69.9 Å². The van der Waals surface area contributed by atoms with E-state index in [1.165, 1.54) is 6.20 Å². The fourth-order valence-electron chi connectivity index (χ4n) is 6.31. The molecule has 12 nitrogen and oxygen atoms in total. The van der Waals surface area contributed by atoms with Crippen LogP contribution in [0.2, 0.25) is 10.0 Å². The molecule has 256 valence electrons. The lowest BCUT2D eigenvalue weighted by molar-refractivity contribution is -0.00516. The summed E-state index contributed by atoms with van der Waals surface area (Å²) in [6.45, 7) is 9.90. The van der Waals surface area contributed by atoms with Crippen molar-refractivity contribution in [3.05, 3.63) is 75.7 Å². The number of fused-ring (bicyclic) bond motifs is 3. The monoisotopic (exact) mass is 706 g/mol. The number of amides is 3. The van der Waals surface area contributed by atoms with Crippen molar-refractivity contribution in [3.63, 3.8) is 0 Å². The molecule has 3 amide bonds. The average molecular weight is 708 g/mol. The largest absolute Gasteiger partial charge is 0.496 e. The second-order valence-corrected chi connectivity index (χ2v) is 14.1. The van der Waals surface area contributed by atoms with Gasteiger partial charge in [0.1, 0.15) is 23.7 Å². The van der Waals surface area contributed by atoms with Gasteiger partial charge in [0.2, 0.25) is 5.91 Å². The Labute approximate surface area is 293 Å². The van der Waals surface area contributed by atoms with E-state index in [0.29, 0.717) is 43.9 Å². The van der Waals surface area contributed by atoms with E-state index in [1.54, 1.807) is 52.1 Å². The maximum atomic E-state index is 14.5. The first kappa shape index (κ1) is 34.1. The molecule has 1 fully saturated rings. The van der Waals surface area contributed by atoms with Crippen molar-refractivity contribution in [2.45, 2.75) is 58.9 Å². The predicted molar refractivity (Wildman–Crippen MR) is 185 cm³/mol. The van der Waals surface area contributed by atoms with Crippen LogP contribution in [0.4, 0.5) is 4.79 Å². The molecule has 0 bridgehead atoms. The van der Waals surface area contributed by atoms with Gasteiger partial charge in [0.05, 0.1) is 18.4 Å². The molecule has 2 aromatic carbocycles. The van der Waals surface area contributed by atoms with Crippen LogP contribution < -0.4 is 15.2 Å². The minimum Gasteiger partial charge on any atom is -0.496 e. The first-order valence-electron chi connectivity index (χ1n) is 15.6. The molecule has 2 aliphatic rings. The van der Waals surface area contributed by atoms with Crippen LogP contribution in [0.1, 0.15) is 61.0 Å². The van der Waals surface area contributed by atoms with E-state index < -0.39 is 17.6 Å². The molecule has 0 unspecified atom stereocenters. The van der Waals surface area contributed by atoms with Crippen LogP contribution in [-0.2, 0) is 11.3 Å². The first-order chi connectivity index (χ1) is 23.1. The Kier molecular flexibility index (Phi) is 8.97. The molecule has 0 saturated carbocycles. The predicted octanol–water partition coefficient (Wildman–Crippen LogP) is 6.38. The minimum atomic E-state index is -0.649. The number of aromatic nitrogens is 3. The normalized spacial score (nSPS) is 17.1. The van der Waals surface area contributed by atoms with Gasteiger partial charge in [0.25, 0.3) is 5.91 Å². The van der Waals surface area contributed by atoms with E-state index >= 15 is 0 Å². The Morgan fingerprint density at radius 1 is 0.959 bits per heavy atom. The van der Waals surface area contributed by atoms with Crippen LogP contribution in [0, 0.1) is 0 Å². The number of nitrogens with zero attached hydrogens (tertiary/aromatic N) is 5. The lowest BCUT2D eigenvalue weighted by Gasteiger charge is -2.44. The highest BCUT2D eigenvalue weighted by molar-refractivity contribution is 6.34. The summed E-state index contributed by atoms with van der Waals surface area (Å²) in [5.41, 5.74) is 8.96. The fraction of sp³-hybridized carbons (Fsp3) is 0.343. The Morgan fingerprint density at radius 2 is 1.63 bits per heavy atom. The number of methoxy groups -OCH3 is 1. The van der Waals surface area contributed by atoms with Gasteiger partial charge in [-0.1, -0.05) is 23.2 Å². The lowest BCUT2D eigenvalue weighted by atomic mass is 9.94. The number of primary amides is 1. The van der Waals surface area contributed by atoms with E-state index in [1.807, 2.05) is 46.8 Å². The van der Waals surface area contributed by atoms with E-state index in [9.17, 15) is 14.4 Å². The zero-order chi connectivity index (χ0) is 35.4. The number of halogens is 2. The van der Waals surface area contributed by atoms with Gasteiger partial charge in [0.15, 0.2) is 11.4 Å². The zero-order valence-corrected chi connectivity index (χ0v) is 29.4. The summed E-state index contributed by atoms with van der Waals surface area (Å²) in [5, 5.41) is 5.60. The Bertz CT molecular complexity index is 1960. The molecule has 6 rings (SSSR count). The van der Waals surface area contributed by atoms with Gasteiger partial charge < -0.3 is 29.7 Å². The smallest absolute Gasteiger partial charge is 0.410 e. The number of rotatable bonds is 5. The number of benzene rings is 2. The van der Waals surface area contributed by atoms with Gasteiger partial charge in [-0.2, -0.15) is 5.10 Å². The highest BCUT2D eigenvalue weighted by Crippen LogP contribution is 2.46. The van der Waals surface area contributed by atoms with Crippen LogP contribution in [-0.4, -0.2) is 80.4 Å². The van der Waals surface area contributed by atoms with Crippen molar-refractivity contribution in [2.75, 3.05) is 20.2 Å². The van der Waals surface area contributed by atoms with E-state index in [-0.39, 0.29) is 54.7 Å². The molecule has 0 aliphatic carbocycles. The maximum Gasteiger partial charge on any atom is 0.410 e. The number of carbonyl (C=O) groups is 3. The molecule has 0 spiro atoms. The third-order valence-corrected chi connectivity index (χ3v) is 8.76. The van der Waals surface area contributed by atoms with Crippen LogP contribution in [0.3, 0.4) is 0 Å². The van der Waals surface area contributed by atoms with E-state index in [0.717, 1.165) is 5.56 Å². The quantitative estimate of drug-likeness (QED) is 0.252. The van der Waals surface area contributed by atoms with Gasteiger partial charge in [-0.15, -0.1) is 0 Å². The minimum absolute atomic E-state index is 0.0935. The second kappa shape index (κ2) is 12.9. The average Bonchev–Trinajstić information content (AvgIpc) is 3.43. The van der Waals surface area contributed by atoms with Crippen LogP contribution >= 0.6 is 23.2 Å².